The molecule has 1 unspecified atom stereocenters. The number of hydrogen-bond acceptors (Lipinski definition) is 4. The average molecular weight is 347 g/mol. The molecule has 1 amide bonds. The van der Waals surface area contributed by atoms with Gasteiger partial charge in [0.05, 0.1) is 11.5 Å². The van der Waals surface area contributed by atoms with Crippen molar-refractivity contribution in [2.45, 2.75) is 12.5 Å². The minimum absolute atomic E-state index is 0.0429. The second-order valence-electron chi connectivity index (χ2n) is 4.71. The van der Waals surface area contributed by atoms with Crippen molar-refractivity contribution in [3.8, 4) is 0 Å². The van der Waals surface area contributed by atoms with Gasteiger partial charge in [-0.1, -0.05) is 0 Å². The van der Waals surface area contributed by atoms with Crippen molar-refractivity contribution >= 4 is 37.4 Å². The van der Waals surface area contributed by atoms with Gasteiger partial charge in [-0.25, -0.2) is 8.42 Å². The Balaban J connectivity index is 2.17. The molecule has 1 aliphatic rings. The molecule has 7 heteroatoms. The molecule has 0 saturated carbocycles. The fourth-order valence-electron chi connectivity index (χ4n) is 2.13. The predicted octanol–water partition coefficient (Wildman–Crippen LogP) is 1.29. The zero-order valence-corrected chi connectivity index (χ0v) is 12.9. The first-order valence-corrected chi connectivity index (χ1v) is 8.44. The smallest absolute Gasteiger partial charge is 0.253 e. The van der Waals surface area contributed by atoms with E-state index in [4.69, 9.17) is 5.73 Å². The van der Waals surface area contributed by atoms with Crippen LogP contribution >= 0.6 is 15.9 Å². The number of amides is 1. The zero-order chi connectivity index (χ0) is 14.2. The van der Waals surface area contributed by atoms with Crippen molar-refractivity contribution in [3.05, 3.63) is 28.2 Å². The SMILES string of the molecule is CN(C(=O)c1ccc(Br)c(N)c1)C1CCS(=O)(=O)C1. The van der Waals surface area contributed by atoms with Gasteiger partial charge in [-0.15, -0.1) is 0 Å². The number of carbonyl (C=O) groups is 1. The third-order valence-electron chi connectivity index (χ3n) is 3.32. The van der Waals surface area contributed by atoms with Crippen molar-refractivity contribution in [1.29, 1.82) is 0 Å². The topological polar surface area (TPSA) is 80.5 Å². The van der Waals surface area contributed by atoms with Crippen molar-refractivity contribution < 1.29 is 13.2 Å². The van der Waals surface area contributed by atoms with Crippen LogP contribution in [-0.4, -0.2) is 43.8 Å². The van der Waals surface area contributed by atoms with Crippen LogP contribution in [0.25, 0.3) is 0 Å². The van der Waals surface area contributed by atoms with E-state index in [9.17, 15) is 13.2 Å². The number of halogens is 1. The van der Waals surface area contributed by atoms with Gasteiger partial charge in [-0.2, -0.15) is 0 Å². The van der Waals surface area contributed by atoms with Crippen molar-refractivity contribution in [3.63, 3.8) is 0 Å². The van der Waals surface area contributed by atoms with Gasteiger partial charge < -0.3 is 10.6 Å². The number of sulfone groups is 1. The van der Waals surface area contributed by atoms with E-state index in [2.05, 4.69) is 15.9 Å². The number of hydrogen-bond donors (Lipinski definition) is 1. The first-order valence-electron chi connectivity index (χ1n) is 5.83. The predicted molar refractivity (Wildman–Crippen MR) is 77.7 cm³/mol. The first-order chi connectivity index (χ1) is 8.80. The van der Waals surface area contributed by atoms with Gasteiger partial charge in [-0.3, -0.25) is 4.79 Å². The number of benzene rings is 1. The average Bonchev–Trinajstić information content (AvgIpc) is 2.71. The standard InChI is InChI=1S/C12H15BrN2O3S/c1-15(9-4-5-19(17,18)7-9)12(16)8-2-3-10(13)11(14)6-8/h2-3,6,9H,4-5,7,14H2,1H3. The molecule has 1 heterocycles. The summed E-state index contributed by atoms with van der Waals surface area (Å²) in [6.45, 7) is 0. The summed E-state index contributed by atoms with van der Waals surface area (Å²) in [5.41, 5.74) is 6.69. The van der Waals surface area contributed by atoms with Crippen LogP contribution in [0.4, 0.5) is 5.69 Å². The number of nitrogens with two attached hydrogens (primary N) is 1. The molecule has 1 fully saturated rings. The summed E-state index contributed by atoms with van der Waals surface area (Å²) in [7, 11) is -1.37. The zero-order valence-electron chi connectivity index (χ0n) is 10.5. The summed E-state index contributed by atoms with van der Waals surface area (Å²) >= 11 is 3.27. The van der Waals surface area contributed by atoms with Crippen LogP contribution in [0.5, 0.6) is 0 Å². The Bertz CT molecular complexity index is 615. The highest BCUT2D eigenvalue weighted by atomic mass is 79.9. The molecule has 19 heavy (non-hydrogen) atoms. The number of carbonyl (C=O) groups excluding carboxylic acids is 1. The summed E-state index contributed by atoms with van der Waals surface area (Å²) in [6.07, 6.45) is 0.497. The van der Waals surface area contributed by atoms with E-state index in [1.165, 1.54) is 4.90 Å². The maximum Gasteiger partial charge on any atom is 0.253 e. The normalized spacial score (nSPS) is 21.3. The molecule has 0 spiro atoms. The van der Waals surface area contributed by atoms with Crippen molar-refractivity contribution in [2.75, 3.05) is 24.3 Å². The molecule has 2 N–H and O–H groups in total. The summed E-state index contributed by atoms with van der Waals surface area (Å²) in [4.78, 5) is 13.8. The van der Waals surface area contributed by atoms with Crippen LogP contribution in [0, 0.1) is 0 Å². The molecule has 1 aromatic carbocycles. The number of anilines is 1. The minimum Gasteiger partial charge on any atom is -0.398 e. The maximum absolute atomic E-state index is 12.3. The van der Waals surface area contributed by atoms with E-state index in [1.807, 2.05) is 0 Å². The Morgan fingerprint density at radius 2 is 2.16 bits per heavy atom. The van der Waals surface area contributed by atoms with Crippen LogP contribution in [0.3, 0.4) is 0 Å². The third kappa shape index (κ3) is 3.09. The van der Waals surface area contributed by atoms with Crippen molar-refractivity contribution in [1.82, 2.24) is 4.90 Å². The lowest BCUT2D eigenvalue weighted by Crippen LogP contribution is -2.37. The van der Waals surface area contributed by atoms with Gasteiger partial charge in [-0.05, 0) is 40.5 Å². The van der Waals surface area contributed by atoms with Gasteiger partial charge in [0, 0.05) is 28.8 Å². The molecular weight excluding hydrogens is 332 g/mol. The highest BCUT2D eigenvalue weighted by molar-refractivity contribution is 9.10. The molecule has 5 nitrogen and oxygen atoms in total. The maximum atomic E-state index is 12.3. The molecule has 1 atom stereocenters. The van der Waals surface area contributed by atoms with Crippen LogP contribution in [0.15, 0.2) is 22.7 Å². The van der Waals surface area contributed by atoms with Gasteiger partial charge in [0.2, 0.25) is 0 Å². The Hall–Kier alpha value is -1.08. The summed E-state index contributed by atoms with van der Waals surface area (Å²) < 4.78 is 23.6. The number of rotatable bonds is 2. The van der Waals surface area contributed by atoms with Gasteiger partial charge in [0.25, 0.3) is 5.91 Å². The van der Waals surface area contributed by atoms with Gasteiger partial charge >= 0.3 is 0 Å². The van der Waals surface area contributed by atoms with Crippen molar-refractivity contribution in [2.24, 2.45) is 0 Å². The van der Waals surface area contributed by atoms with E-state index >= 15 is 0 Å². The summed E-state index contributed by atoms with van der Waals surface area (Å²) in [5.74, 6) is -0.0137. The largest absolute Gasteiger partial charge is 0.398 e. The Morgan fingerprint density at radius 3 is 2.68 bits per heavy atom. The molecule has 1 aliphatic heterocycles. The second-order valence-corrected chi connectivity index (χ2v) is 7.79. The van der Waals surface area contributed by atoms with Gasteiger partial charge in [0.1, 0.15) is 0 Å². The fraction of sp³-hybridized carbons (Fsp3) is 0.417. The van der Waals surface area contributed by atoms with Gasteiger partial charge in [0.15, 0.2) is 9.84 Å². The van der Waals surface area contributed by atoms with E-state index in [1.54, 1.807) is 25.2 Å². The fourth-order valence-corrected chi connectivity index (χ4v) is 4.15. The van der Waals surface area contributed by atoms with E-state index < -0.39 is 9.84 Å². The van der Waals surface area contributed by atoms with Crippen LogP contribution < -0.4 is 5.73 Å². The monoisotopic (exact) mass is 346 g/mol. The third-order valence-corrected chi connectivity index (χ3v) is 5.79. The molecule has 0 aliphatic carbocycles. The highest BCUT2D eigenvalue weighted by Crippen LogP contribution is 2.23. The Kier molecular flexibility index (Phi) is 3.87. The molecule has 1 saturated heterocycles. The lowest BCUT2D eigenvalue weighted by atomic mass is 10.1. The molecule has 2 rings (SSSR count). The highest BCUT2D eigenvalue weighted by Gasteiger charge is 2.33. The molecular formula is C12H15BrN2O3S. The molecule has 0 radical (unpaired) electrons. The lowest BCUT2D eigenvalue weighted by Gasteiger charge is -2.23. The first kappa shape index (κ1) is 14.3. The lowest BCUT2D eigenvalue weighted by molar-refractivity contribution is 0.0747. The molecule has 104 valence electrons. The minimum atomic E-state index is -3.00. The van der Waals surface area contributed by atoms with Crippen LogP contribution in [-0.2, 0) is 9.84 Å². The van der Waals surface area contributed by atoms with E-state index in [-0.39, 0.29) is 23.5 Å². The quantitative estimate of drug-likeness (QED) is 0.818. The molecule has 0 bridgehead atoms. The summed E-state index contributed by atoms with van der Waals surface area (Å²) in [6, 6.07) is 4.72. The number of nitrogen functional groups attached to an aromatic ring is 1. The molecule has 0 aromatic heterocycles. The van der Waals surface area contributed by atoms with Crippen LogP contribution in [0.2, 0.25) is 0 Å². The Labute approximate surface area is 120 Å². The summed E-state index contributed by atoms with van der Waals surface area (Å²) in [5, 5.41) is 0. The van der Waals surface area contributed by atoms with E-state index in [0.29, 0.717) is 17.7 Å². The van der Waals surface area contributed by atoms with E-state index in [0.717, 1.165) is 4.47 Å². The van der Waals surface area contributed by atoms with Crippen LogP contribution in [0.1, 0.15) is 16.8 Å². The Morgan fingerprint density at radius 1 is 1.47 bits per heavy atom. The molecule has 1 aromatic rings. The number of nitrogens with zero attached hydrogens (tertiary/aromatic N) is 1. The second kappa shape index (κ2) is 5.13.